The van der Waals surface area contributed by atoms with Gasteiger partial charge in [-0.1, -0.05) is 55.5 Å². The maximum absolute atomic E-state index is 14.3. The second kappa shape index (κ2) is 17.5. The number of fused-ring (bicyclic) bond motifs is 1. The molecule has 1 aliphatic heterocycles. The summed E-state index contributed by atoms with van der Waals surface area (Å²) in [6, 6.07) is 23.1. The molecule has 3 aromatic rings. The molecule has 0 unspecified atom stereocenters. The summed E-state index contributed by atoms with van der Waals surface area (Å²) in [5.74, 6) is -0.299. The van der Waals surface area contributed by atoms with Crippen LogP contribution in [0, 0.1) is 5.92 Å². The first-order valence-electron chi connectivity index (χ1n) is 16.4. The van der Waals surface area contributed by atoms with Gasteiger partial charge < -0.3 is 35.0 Å². The van der Waals surface area contributed by atoms with E-state index < -0.39 is 6.04 Å². The molecule has 0 saturated carbocycles. The van der Waals surface area contributed by atoms with E-state index in [-0.39, 0.29) is 55.5 Å². The van der Waals surface area contributed by atoms with Crippen molar-refractivity contribution in [1.29, 1.82) is 0 Å². The average molecular weight is 645 g/mol. The number of ether oxygens (including phenoxy) is 2. The summed E-state index contributed by atoms with van der Waals surface area (Å²) >= 11 is 0. The maximum atomic E-state index is 14.3. The molecule has 4 amide bonds. The van der Waals surface area contributed by atoms with Crippen molar-refractivity contribution in [3.05, 3.63) is 90.0 Å². The molecule has 0 aromatic heterocycles. The molecule has 1 heterocycles. The third-order valence-electron chi connectivity index (χ3n) is 8.37. The second-order valence-electron chi connectivity index (χ2n) is 12.4. The molecule has 0 fully saturated rings. The zero-order chi connectivity index (χ0) is 33.8. The number of nitrogens with zero attached hydrogens (tertiary/aromatic N) is 2. The summed E-state index contributed by atoms with van der Waals surface area (Å²) in [5, 5.41) is 16.0. The van der Waals surface area contributed by atoms with Crippen LogP contribution in [0.4, 0.5) is 16.2 Å². The van der Waals surface area contributed by atoms with Gasteiger partial charge in [-0.25, -0.2) is 4.79 Å². The first-order valence-corrected chi connectivity index (χ1v) is 16.4. The predicted octanol–water partition coefficient (Wildman–Crippen LogP) is 5.83. The number of benzene rings is 3. The molecule has 0 saturated heterocycles. The van der Waals surface area contributed by atoms with E-state index in [2.05, 4.69) is 10.6 Å². The molecule has 0 radical (unpaired) electrons. The number of aliphatic hydroxyl groups is 1. The summed E-state index contributed by atoms with van der Waals surface area (Å²) < 4.78 is 12.7. The van der Waals surface area contributed by atoms with Gasteiger partial charge in [0.1, 0.15) is 5.75 Å². The van der Waals surface area contributed by atoms with E-state index in [4.69, 9.17) is 9.47 Å². The lowest BCUT2D eigenvalue weighted by Crippen LogP contribution is -2.48. The van der Waals surface area contributed by atoms with E-state index in [1.807, 2.05) is 74.5 Å². The normalized spacial score (nSPS) is 19.8. The average Bonchev–Trinajstić information content (AvgIpc) is 3.06. The van der Waals surface area contributed by atoms with Gasteiger partial charge in [0.25, 0.3) is 5.91 Å². The van der Waals surface area contributed by atoms with Gasteiger partial charge in [0.2, 0.25) is 5.91 Å². The molecule has 3 aromatic carbocycles. The summed E-state index contributed by atoms with van der Waals surface area (Å²) in [6.07, 6.45) is 2.08. The smallest absolute Gasteiger partial charge is 0.321 e. The molecule has 3 N–H and O–H groups in total. The SMILES string of the molecule is C[C@@H]1CCCCO[C@H](CN(C)C(=O)Nc2ccccc2)[C@H](C)CN([C@H](C)CO)C(=O)c2cc(NC(=O)Cc3ccccc3)ccc2O1. The van der Waals surface area contributed by atoms with Gasteiger partial charge in [-0.3, -0.25) is 9.59 Å². The zero-order valence-electron chi connectivity index (χ0n) is 27.9. The molecule has 0 bridgehead atoms. The molecular weight excluding hydrogens is 596 g/mol. The third-order valence-corrected chi connectivity index (χ3v) is 8.37. The lowest BCUT2D eigenvalue weighted by molar-refractivity contribution is -0.115. The van der Waals surface area contributed by atoms with Gasteiger partial charge >= 0.3 is 6.03 Å². The highest BCUT2D eigenvalue weighted by molar-refractivity contribution is 6.00. The summed E-state index contributed by atoms with van der Waals surface area (Å²) in [4.78, 5) is 43.5. The number of nitrogens with one attached hydrogen (secondary N) is 2. The minimum absolute atomic E-state index is 0.172. The fraction of sp³-hybridized carbons (Fsp3) is 0.432. The lowest BCUT2D eigenvalue weighted by Gasteiger charge is -2.35. The van der Waals surface area contributed by atoms with E-state index in [9.17, 15) is 19.5 Å². The van der Waals surface area contributed by atoms with Gasteiger partial charge in [0.15, 0.2) is 0 Å². The number of carbonyl (C=O) groups is 3. The standard InChI is InChI=1S/C37H48N4O6/c1-26-23-41(27(2)25-42)36(44)32-22-31(38-35(43)21-29-14-7-5-8-15-29)18-19-33(32)47-28(3)13-11-12-20-46-34(26)24-40(4)37(45)39-30-16-9-6-10-17-30/h5-10,14-19,22,26-28,34,42H,11-13,20-21,23-25H2,1-4H3,(H,38,43)(H,39,45)/t26-,27-,28-,34-/m1/s1. The minimum atomic E-state index is -0.515. The second-order valence-corrected chi connectivity index (χ2v) is 12.4. The Kier molecular flexibility index (Phi) is 13.2. The van der Waals surface area contributed by atoms with Crippen molar-refractivity contribution in [1.82, 2.24) is 9.80 Å². The van der Waals surface area contributed by atoms with Crippen LogP contribution >= 0.6 is 0 Å². The molecule has 252 valence electrons. The van der Waals surface area contributed by atoms with Gasteiger partial charge in [0.05, 0.1) is 36.8 Å². The predicted molar refractivity (Wildman–Crippen MR) is 184 cm³/mol. The van der Waals surface area contributed by atoms with E-state index in [1.165, 1.54) is 0 Å². The van der Waals surface area contributed by atoms with Gasteiger partial charge in [-0.15, -0.1) is 0 Å². The van der Waals surface area contributed by atoms with Crippen LogP contribution in [0.3, 0.4) is 0 Å². The Balaban J connectivity index is 1.58. The van der Waals surface area contributed by atoms with Crippen molar-refractivity contribution in [2.75, 3.05) is 44.0 Å². The Morgan fingerprint density at radius 2 is 1.68 bits per heavy atom. The van der Waals surface area contributed by atoms with Crippen LogP contribution in [0.5, 0.6) is 5.75 Å². The fourth-order valence-corrected chi connectivity index (χ4v) is 5.54. The van der Waals surface area contributed by atoms with Crippen molar-refractivity contribution < 1.29 is 29.0 Å². The number of amides is 4. The van der Waals surface area contributed by atoms with Crippen LogP contribution in [0.25, 0.3) is 0 Å². The highest BCUT2D eigenvalue weighted by atomic mass is 16.5. The quantitative estimate of drug-likeness (QED) is 0.284. The van der Waals surface area contributed by atoms with Crippen LogP contribution < -0.4 is 15.4 Å². The van der Waals surface area contributed by atoms with Crippen LogP contribution in [0.1, 0.15) is 56.0 Å². The van der Waals surface area contributed by atoms with Crippen molar-refractivity contribution in [3.63, 3.8) is 0 Å². The Morgan fingerprint density at radius 1 is 0.979 bits per heavy atom. The Labute approximate surface area is 278 Å². The van der Waals surface area contributed by atoms with Crippen molar-refractivity contribution in [3.8, 4) is 5.75 Å². The Bertz CT molecular complexity index is 1450. The van der Waals surface area contributed by atoms with E-state index in [0.29, 0.717) is 35.8 Å². The molecule has 47 heavy (non-hydrogen) atoms. The number of anilines is 2. The van der Waals surface area contributed by atoms with E-state index >= 15 is 0 Å². The number of likely N-dealkylation sites (N-methyl/N-ethyl adjacent to an activating group) is 1. The van der Waals surface area contributed by atoms with Crippen molar-refractivity contribution in [2.24, 2.45) is 5.92 Å². The molecule has 4 rings (SSSR count). The Hall–Kier alpha value is -4.41. The summed E-state index contributed by atoms with van der Waals surface area (Å²) in [5.41, 5.74) is 2.36. The van der Waals surface area contributed by atoms with Crippen molar-refractivity contribution in [2.45, 2.75) is 64.7 Å². The highest BCUT2D eigenvalue weighted by Crippen LogP contribution is 2.28. The summed E-state index contributed by atoms with van der Waals surface area (Å²) in [6.45, 7) is 6.57. The third kappa shape index (κ3) is 10.6. The molecule has 10 nitrogen and oxygen atoms in total. The zero-order valence-corrected chi connectivity index (χ0v) is 27.9. The molecule has 1 aliphatic rings. The summed E-state index contributed by atoms with van der Waals surface area (Å²) in [7, 11) is 1.72. The molecule has 0 spiro atoms. The van der Waals surface area contributed by atoms with E-state index in [0.717, 1.165) is 24.8 Å². The topological polar surface area (TPSA) is 120 Å². The fourth-order valence-electron chi connectivity index (χ4n) is 5.54. The number of urea groups is 1. The first kappa shape index (κ1) is 35.4. The number of hydrogen-bond acceptors (Lipinski definition) is 6. The molecule has 0 aliphatic carbocycles. The molecule has 10 heteroatoms. The largest absolute Gasteiger partial charge is 0.490 e. The highest BCUT2D eigenvalue weighted by Gasteiger charge is 2.31. The maximum Gasteiger partial charge on any atom is 0.321 e. The van der Waals surface area contributed by atoms with Crippen LogP contribution in [0.2, 0.25) is 0 Å². The number of aliphatic hydroxyl groups excluding tert-OH is 1. The number of carbonyl (C=O) groups excluding carboxylic acids is 3. The Morgan fingerprint density at radius 3 is 2.38 bits per heavy atom. The minimum Gasteiger partial charge on any atom is -0.490 e. The van der Waals surface area contributed by atoms with E-state index in [1.54, 1.807) is 42.0 Å². The first-order chi connectivity index (χ1) is 22.6. The lowest BCUT2D eigenvalue weighted by atomic mass is 10.0. The van der Waals surface area contributed by atoms with Crippen LogP contribution in [-0.2, 0) is 16.0 Å². The van der Waals surface area contributed by atoms with Crippen LogP contribution in [-0.4, -0.2) is 84.4 Å². The van der Waals surface area contributed by atoms with Gasteiger partial charge in [-0.05, 0) is 69.0 Å². The van der Waals surface area contributed by atoms with Gasteiger partial charge in [-0.2, -0.15) is 0 Å². The monoisotopic (exact) mass is 644 g/mol. The molecule has 4 atom stereocenters. The number of hydrogen-bond donors (Lipinski definition) is 3. The van der Waals surface area contributed by atoms with Crippen molar-refractivity contribution >= 4 is 29.2 Å². The van der Waals surface area contributed by atoms with Crippen LogP contribution in [0.15, 0.2) is 78.9 Å². The number of para-hydroxylation sites is 1. The van der Waals surface area contributed by atoms with Gasteiger partial charge in [0, 0.05) is 44.0 Å². The number of rotatable bonds is 8. The molecular formula is C37H48N4O6.